The lowest BCUT2D eigenvalue weighted by molar-refractivity contribution is -0.143. The number of ether oxygens (including phenoxy) is 1. The fraction of sp³-hybridized carbons (Fsp3) is 0.857. The van der Waals surface area contributed by atoms with Crippen molar-refractivity contribution in [3.05, 3.63) is 12.2 Å². The van der Waals surface area contributed by atoms with Crippen LogP contribution in [0.3, 0.4) is 0 Å². The summed E-state index contributed by atoms with van der Waals surface area (Å²) >= 11 is 4.23. The highest BCUT2D eigenvalue weighted by atomic mass is 32.1. The average Bonchev–Trinajstić information content (AvgIpc) is 2.59. The largest absolute Gasteiger partial charge is 0.466 e. The smallest absolute Gasteiger partial charge is 0.305 e. The summed E-state index contributed by atoms with van der Waals surface area (Å²) in [6.07, 6.45) is 22.7. The summed E-state index contributed by atoms with van der Waals surface area (Å²) in [7, 11) is 0. The number of hydrogen-bond donors (Lipinski definition) is 1. The molecule has 24 heavy (non-hydrogen) atoms. The SMILES string of the molecule is CCCOC(=O)CCCCCCC/C=C/CCCCCCCCS. The zero-order valence-electron chi connectivity index (χ0n) is 15.9. The number of unbranched alkanes of at least 4 members (excludes halogenated alkanes) is 11. The molecular formula is C21H40O2S. The van der Waals surface area contributed by atoms with Crippen molar-refractivity contribution in [1.82, 2.24) is 0 Å². The van der Waals surface area contributed by atoms with Gasteiger partial charge in [0.15, 0.2) is 0 Å². The number of allylic oxidation sites excluding steroid dienone is 2. The van der Waals surface area contributed by atoms with Crippen LogP contribution in [-0.2, 0) is 9.53 Å². The maximum absolute atomic E-state index is 11.3. The number of carbonyl (C=O) groups is 1. The van der Waals surface area contributed by atoms with Crippen LogP contribution in [0, 0.1) is 0 Å². The van der Waals surface area contributed by atoms with E-state index in [-0.39, 0.29) is 5.97 Å². The Hall–Kier alpha value is -0.440. The van der Waals surface area contributed by atoms with Gasteiger partial charge in [0.05, 0.1) is 6.61 Å². The Morgan fingerprint density at radius 1 is 0.792 bits per heavy atom. The quantitative estimate of drug-likeness (QED) is 0.125. The van der Waals surface area contributed by atoms with Crippen molar-refractivity contribution in [1.29, 1.82) is 0 Å². The molecule has 0 bridgehead atoms. The van der Waals surface area contributed by atoms with Crippen molar-refractivity contribution in [2.75, 3.05) is 12.4 Å². The van der Waals surface area contributed by atoms with E-state index < -0.39 is 0 Å². The van der Waals surface area contributed by atoms with Crippen LogP contribution in [0.1, 0.15) is 103 Å². The molecule has 0 fully saturated rings. The van der Waals surface area contributed by atoms with E-state index in [0.29, 0.717) is 13.0 Å². The van der Waals surface area contributed by atoms with Crippen LogP contribution < -0.4 is 0 Å². The van der Waals surface area contributed by atoms with E-state index in [1.165, 1.54) is 70.6 Å². The maximum atomic E-state index is 11.3. The van der Waals surface area contributed by atoms with E-state index >= 15 is 0 Å². The molecule has 0 saturated heterocycles. The van der Waals surface area contributed by atoms with Crippen LogP contribution in [-0.4, -0.2) is 18.3 Å². The third kappa shape index (κ3) is 19.6. The molecule has 0 heterocycles. The highest BCUT2D eigenvalue weighted by molar-refractivity contribution is 7.80. The van der Waals surface area contributed by atoms with Crippen molar-refractivity contribution in [2.24, 2.45) is 0 Å². The molecule has 0 atom stereocenters. The van der Waals surface area contributed by atoms with E-state index in [2.05, 4.69) is 24.8 Å². The lowest BCUT2D eigenvalue weighted by Crippen LogP contribution is -2.04. The summed E-state index contributed by atoms with van der Waals surface area (Å²) < 4.78 is 5.06. The molecule has 0 aliphatic rings. The molecule has 0 amide bonds. The van der Waals surface area contributed by atoms with Gasteiger partial charge in [-0.2, -0.15) is 12.6 Å². The van der Waals surface area contributed by atoms with Gasteiger partial charge in [0, 0.05) is 6.42 Å². The van der Waals surface area contributed by atoms with Gasteiger partial charge in [-0.1, -0.05) is 64.0 Å². The molecule has 0 N–H and O–H groups in total. The van der Waals surface area contributed by atoms with Gasteiger partial charge in [-0.05, 0) is 50.7 Å². The van der Waals surface area contributed by atoms with E-state index in [9.17, 15) is 4.79 Å². The Morgan fingerprint density at radius 3 is 1.83 bits per heavy atom. The number of rotatable bonds is 18. The summed E-state index contributed by atoms with van der Waals surface area (Å²) in [5, 5.41) is 0. The van der Waals surface area contributed by atoms with E-state index in [1.54, 1.807) is 0 Å². The molecule has 0 unspecified atom stereocenters. The van der Waals surface area contributed by atoms with Gasteiger partial charge in [-0.15, -0.1) is 0 Å². The molecule has 0 aliphatic carbocycles. The van der Waals surface area contributed by atoms with Gasteiger partial charge in [0.1, 0.15) is 0 Å². The Bertz CT molecular complexity index is 290. The first-order chi connectivity index (χ1) is 11.8. The summed E-state index contributed by atoms with van der Waals surface area (Å²) in [6, 6.07) is 0. The van der Waals surface area contributed by atoms with E-state index in [0.717, 1.165) is 25.0 Å². The minimum Gasteiger partial charge on any atom is -0.466 e. The Morgan fingerprint density at radius 2 is 1.29 bits per heavy atom. The second-order valence-corrected chi connectivity index (χ2v) is 7.08. The number of carbonyl (C=O) groups excluding carboxylic acids is 1. The highest BCUT2D eigenvalue weighted by Crippen LogP contribution is 2.10. The maximum Gasteiger partial charge on any atom is 0.305 e. The summed E-state index contributed by atoms with van der Waals surface area (Å²) in [5.74, 6) is 1.01. The first kappa shape index (κ1) is 23.6. The van der Waals surface area contributed by atoms with Gasteiger partial charge < -0.3 is 4.74 Å². The van der Waals surface area contributed by atoms with Crippen molar-refractivity contribution < 1.29 is 9.53 Å². The molecule has 0 aliphatic heterocycles. The zero-order valence-corrected chi connectivity index (χ0v) is 16.8. The molecule has 142 valence electrons. The van der Waals surface area contributed by atoms with E-state index in [4.69, 9.17) is 4.74 Å². The normalized spacial score (nSPS) is 11.2. The number of thiol groups is 1. The monoisotopic (exact) mass is 356 g/mol. The summed E-state index contributed by atoms with van der Waals surface area (Å²) in [6.45, 7) is 2.59. The number of hydrogen-bond acceptors (Lipinski definition) is 3. The topological polar surface area (TPSA) is 26.3 Å². The fourth-order valence-corrected chi connectivity index (χ4v) is 2.89. The predicted octanol–water partition coefficient (Wildman–Crippen LogP) is 6.89. The highest BCUT2D eigenvalue weighted by Gasteiger charge is 2.01. The van der Waals surface area contributed by atoms with Crippen molar-refractivity contribution in [2.45, 2.75) is 103 Å². The van der Waals surface area contributed by atoms with Gasteiger partial charge in [0.2, 0.25) is 0 Å². The van der Waals surface area contributed by atoms with Crippen molar-refractivity contribution in [3.63, 3.8) is 0 Å². The molecule has 3 heteroatoms. The first-order valence-electron chi connectivity index (χ1n) is 10.2. The molecule has 0 radical (unpaired) electrons. The van der Waals surface area contributed by atoms with Gasteiger partial charge in [0.25, 0.3) is 0 Å². The zero-order chi connectivity index (χ0) is 17.7. The molecular weight excluding hydrogens is 316 g/mol. The second-order valence-electron chi connectivity index (χ2n) is 6.63. The second kappa shape index (κ2) is 20.6. The van der Waals surface area contributed by atoms with Crippen LogP contribution in [0.15, 0.2) is 12.2 Å². The van der Waals surface area contributed by atoms with Crippen LogP contribution in [0.25, 0.3) is 0 Å². The van der Waals surface area contributed by atoms with E-state index in [1.807, 2.05) is 6.92 Å². The fourth-order valence-electron chi connectivity index (χ4n) is 2.67. The molecule has 0 aromatic rings. The average molecular weight is 357 g/mol. The summed E-state index contributed by atoms with van der Waals surface area (Å²) in [5.41, 5.74) is 0. The Labute approximate surface area is 156 Å². The third-order valence-corrected chi connectivity index (χ3v) is 4.48. The Balaban J connectivity index is 3.14. The first-order valence-corrected chi connectivity index (χ1v) is 10.9. The van der Waals surface area contributed by atoms with Crippen molar-refractivity contribution in [3.8, 4) is 0 Å². The predicted molar refractivity (Wildman–Crippen MR) is 109 cm³/mol. The summed E-state index contributed by atoms with van der Waals surface area (Å²) in [4.78, 5) is 11.3. The van der Waals surface area contributed by atoms with Crippen molar-refractivity contribution >= 4 is 18.6 Å². The number of esters is 1. The molecule has 0 aromatic carbocycles. The van der Waals surface area contributed by atoms with Crippen LogP contribution in [0.5, 0.6) is 0 Å². The lowest BCUT2D eigenvalue weighted by atomic mass is 10.1. The molecule has 0 saturated carbocycles. The van der Waals surface area contributed by atoms with Crippen LogP contribution >= 0.6 is 12.6 Å². The molecule has 0 aromatic heterocycles. The molecule has 0 rings (SSSR count). The van der Waals surface area contributed by atoms with Gasteiger partial charge in [-0.25, -0.2) is 0 Å². The van der Waals surface area contributed by atoms with Gasteiger partial charge in [-0.3, -0.25) is 4.79 Å². The minimum absolute atomic E-state index is 0.0264. The lowest BCUT2D eigenvalue weighted by Gasteiger charge is -2.03. The third-order valence-electron chi connectivity index (χ3n) is 4.16. The van der Waals surface area contributed by atoms with Crippen LogP contribution in [0.2, 0.25) is 0 Å². The Kier molecular flexibility index (Phi) is 20.2. The van der Waals surface area contributed by atoms with Crippen LogP contribution in [0.4, 0.5) is 0 Å². The minimum atomic E-state index is -0.0264. The van der Waals surface area contributed by atoms with Gasteiger partial charge >= 0.3 is 5.97 Å². The standard InChI is InChI=1S/C21H40O2S/c1-2-19-23-21(22)18-16-14-12-10-8-6-4-3-5-7-9-11-13-15-17-20-24/h3-4,24H,2,5-20H2,1H3/b4-3+. The molecule has 0 spiro atoms. The molecule has 2 nitrogen and oxygen atoms in total.